The van der Waals surface area contributed by atoms with Crippen LogP contribution in [0.3, 0.4) is 0 Å². The Morgan fingerprint density at radius 1 is 0.778 bits per heavy atom. The van der Waals surface area contributed by atoms with E-state index in [1.807, 2.05) is 0 Å². The van der Waals surface area contributed by atoms with E-state index in [0.29, 0.717) is 6.42 Å². The molecule has 154 valence electrons. The summed E-state index contributed by atoms with van der Waals surface area (Å²) in [5, 5.41) is 26.4. The molecule has 0 radical (unpaired) electrons. The Hall–Kier alpha value is 0.00636. The molecular formula is C19H36KNO6. The normalized spacial score (nSPS) is 10.9. The number of rotatable bonds is 16. The van der Waals surface area contributed by atoms with Crippen molar-refractivity contribution in [3.05, 3.63) is 0 Å². The van der Waals surface area contributed by atoms with Gasteiger partial charge < -0.3 is 25.8 Å². The van der Waals surface area contributed by atoms with Crippen LogP contribution >= 0.6 is 0 Å². The Bertz CT molecular complexity index is 379. The number of aliphatic carboxylic acids is 3. The number of unbranched alkanes of at least 4 members (excludes halogenated alkanes) is 10. The van der Waals surface area contributed by atoms with Gasteiger partial charge in [-0.2, -0.15) is 0 Å². The summed E-state index contributed by atoms with van der Waals surface area (Å²) >= 11 is 0. The van der Waals surface area contributed by atoms with Gasteiger partial charge in [0.2, 0.25) is 0 Å². The number of hydrogen-bond acceptors (Lipinski definition) is 5. The second kappa shape index (κ2) is 24.0. The van der Waals surface area contributed by atoms with Crippen molar-refractivity contribution in [1.29, 1.82) is 0 Å². The zero-order valence-corrected chi connectivity index (χ0v) is 20.2. The van der Waals surface area contributed by atoms with Crippen LogP contribution in [0.15, 0.2) is 0 Å². The van der Waals surface area contributed by atoms with Gasteiger partial charge in [-0.1, -0.05) is 71.1 Å². The summed E-state index contributed by atoms with van der Waals surface area (Å²) in [6, 6.07) is -1.17. The van der Waals surface area contributed by atoms with E-state index in [1.165, 1.54) is 57.8 Å². The van der Waals surface area contributed by atoms with Crippen LogP contribution in [0.1, 0.15) is 96.8 Å². The second-order valence-corrected chi connectivity index (χ2v) is 6.54. The Balaban J connectivity index is -0.000000454. The predicted molar refractivity (Wildman–Crippen MR) is 98.6 cm³/mol. The van der Waals surface area contributed by atoms with Crippen molar-refractivity contribution in [2.45, 2.75) is 103 Å². The fraction of sp³-hybridized carbons (Fsp3) is 0.842. The number of carboxylic acid groups (broad SMARTS) is 3. The third kappa shape index (κ3) is 30.9. The van der Waals surface area contributed by atoms with E-state index in [2.05, 4.69) is 6.92 Å². The molecule has 0 aliphatic heterocycles. The molecule has 0 aromatic heterocycles. The van der Waals surface area contributed by atoms with Gasteiger partial charge in [-0.05, 0) is 12.8 Å². The minimum Gasteiger partial charge on any atom is -0.548 e. The molecule has 1 atom stereocenters. The minimum atomic E-state index is -1.42. The first-order chi connectivity index (χ1) is 12.3. The summed E-state index contributed by atoms with van der Waals surface area (Å²) in [6.45, 7) is 2.25. The number of carbonyl (C=O) groups is 3. The monoisotopic (exact) mass is 413 g/mol. The van der Waals surface area contributed by atoms with Gasteiger partial charge in [-0.25, -0.2) is 0 Å². The first kappa shape index (κ1) is 31.7. The van der Waals surface area contributed by atoms with Crippen LogP contribution in [0, 0.1) is 0 Å². The van der Waals surface area contributed by atoms with E-state index in [0.717, 1.165) is 12.8 Å². The zero-order valence-electron chi connectivity index (χ0n) is 17.1. The SMILES string of the molecule is CCCCCCCCCCCCCC(=O)O.N[C@@H](CCC(=O)O)C(=O)[O-].[K+]. The molecule has 0 aliphatic rings. The van der Waals surface area contributed by atoms with Gasteiger partial charge in [0.15, 0.2) is 0 Å². The summed E-state index contributed by atoms with van der Waals surface area (Å²) in [4.78, 5) is 30.0. The average Bonchev–Trinajstić information content (AvgIpc) is 2.57. The van der Waals surface area contributed by atoms with Gasteiger partial charge >= 0.3 is 63.3 Å². The van der Waals surface area contributed by atoms with Crippen LogP contribution in [0.5, 0.6) is 0 Å². The standard InChI is InChI=1S/C14H28O2.C5H9NO4.K/c1-2-3-4-5-6-7-8-9-10-11-12-13-14(15)16;6-3(5(9)10)1-2-4(7)8;/h2-13H2,1H3,(H,15,16);3H,1-2,6H2,(H,7,8)(H,9,10);/q;;+1/p-1/t;3-;/m.0./s1. The van der Waals surface area contributed by atoms with E-state index in [9.17, 15) is 19.5 Å². The van der Waals surface area contributed by atoms with E-state index in [-0.39, 0.29) is 64.2 Å². The van der Waals surface area contributed by atoms with Crippen LogP contribution in [0.4, 0.5) is 0 Å². The smallest absolute Gasteiger partial charge is 0.548 e. The molecular weight excluding hydrogens is 377 g/mol. The number of carbonyl (C=O) groups excluding carboxylic acids is 1. The van der Waals surface area contributed by atoms with Crippen LogP contribution < -0.4 is 62.2 Å². The van der Waals surface area contributed by atoms with Crippen molar-refractivity contribution in [2.24, 2.45) is 5.73 Å². The minimum absolute atomic E-state index is 0. The van der Waals surface area contributed by atoms with Gasteiger partial charge in [0.05, 0.1) is 5.97 Å². The Morgan fingerprint density at radius 3 is 1.48 bits per heavy atom. The molecule has 0 aromatic carbocycles. The van der Waals surface area contributed by atoms with Crippen molar-refractivity contribution < 1.29 is 81.1 Å². The molecule has 8 heteroatoms. The predicted octanol–water partition coefficient (Wildman–Crippen LogP) is -0.295. The molecule has 0 aromatic rings. The Morgan fingerprint density at radius 2 is 1.15 bits per heavy atom. The molecule has 7 nitrogen and oxygen atoms in total. The number of nitrogens with two attached hydrogens (primary N) is 1. The molecule has 0 heterocycles. The fourth-order valence-corrected chi connectivity index (χ4v) is 2.34. The van der Waals surface area contributed by atoms with Gasteiger partial charge in [-0.3, -0.25) is 9.59 Å². The molecule has 0 fully saturated rings. The Labute approximate surface area is 205 Å². The van der Waals surface area contributed by atoms with Crippen LogP contribution in [-0.4, -0.2) is 34.2 Å². The van der Waals surface area contributed by atoms with Crippen molar-refractivity contribution in [3.63, 3.8) is 0 Å². The summed E-state index contributed by atoms with van der Waals surface area (Å²) in [7, 11) is 0. The summed E-state index contributed by atoms with van der Waals surface area (Å²) in [5.41, 5.74) is 4.94. The van der Waals surface area contributed by atoms with E-state index >= 15 is 0 Å². The summed E-state index contributed by atoms with van der Waals surface area (Å²) in [6.07, 6.45) is 14.0. The Kier molecular flexibility index (Phi) is 28.2. The third-order valence-corrected chi connectivity index (χ3v) is 3.97. The van der Waals surface area contributed by atoms with Gasteiger partial charge in [-0.15, -0.1) is 0 Å². The topological polar surface area (TPSA) is 141 Å². The second-order valence-electron chi connectivity index (χ2n) is 6.54. The quantitative estimate of drug-likeness (QED) is 0.233. The largest absolute Gasteiger partial charge is 1.00 e. The van der Waals surface area contributed by atoms with E-state index in [1.54, 1.807) is 0 Å². The zero-order chi connectivity index (χ0) is 20.2. The first-order valence-corrected chi connectivity index (χ1v) is 9.71. The molecule has 4 N–H and O–H groups in total. The summed E-state index contributed by atoms with van der Waals surface area (Å²) in [5.74, 6) is -3.13. The number of hydrogen-bond donors (Lipinski definition) is 3. The van der Waals surface area contributed by atoms with Crippen molar-refractivity contribution in [2.75, 3.05) is 0 Å². The van der Waals surface area contributed by atoms with Crippen LogP contribution in [0.25, 0.3) is 0 Å². The molecule has 0 aliphatic carbocycles. The molecule has 0 saturated carbocycles. The van der Waals surface area contributed by atoms with E-state index in [4.69, 9.17) is 15.9 Å². The summed E-state index contributed by atoms with van der Waals surface area (Å²) < 4.78 is 0. The molecule has 27 heavy (non-hydrogen) atoms. The molecule has 0 saturated heterocycles. The van der Waals surface area contributed by atoms with Gasteiger partial charge in [0, 0.05) is 18.9 Å². The maximum Gasteiger partial charge on any atom is 1.00 e. The van der Waals surface area contributed by atoms with Crippen LogP contribution in [-0.2, 0) is 14.4 Å². The maximum absolute atomic E-state index is 10.3. The van der Waals surface area contributed by atoms with Crippen molar-refractivity contribution >= 4 is 17.9 Å². The molecule has 0 spiro atoms. The van der Waals surface area contributed by atoms with Crippen molar-refractivity contribution in [3.8, 4) is 0 Å². The average molecular weight is 414 g/mol. The maximum atomic E-state index is 10.3. The fourth-order valence-electron chi connectivity index (χ4n) is 2.34. The molecule has 0 rings (SSSR count). The number of carboxylic acids is 3. The van der Waals surface area contributed by atoms with Crippen LogP contribution in [0.2, 0.25) is 0 Å². The molecule has 0 bridgehead atoms. The van der Waals surface area contributed by atoms with Gasteiger partial charge in [0.1, 0.15) is 0 Å². The van der Waals surface area contributed by atoms with Gasteiger partial charge in [0.25, 0.3) is 0 Å². The first-order valence-electron chi connectivity index (χ1n) is 9.71. The van der Waals surface area contributed by atoms with E-state index < -0.39 is 23.9 Å². The third-order valence-electron chi connectivity index (χ3n) is 3.97. The van der Waals surface area contributed by atoms with Crippen molar-refractivity contribution in [1.82, 2.24) is 0 Å². The molecule has 0 unspecified atom stereocenters. The molecule has 0 amide bonds.